The number of fused-ring (bicyclic) bond motifs is 1. The lowest BCUT2D eigenvalue weighted by Gasteiger charge is -2.08. The Morgan fingerprint density at radius 3 is 2.73 bits per heavy atom. The van der Waals surface area contributed by atoms with Crippen LogP contribution in [-0.4, -0.2) is 28.7 Å². The molecule has 0 atom stereocenters. The quantitative estimate of drug-likeness (QED) is 0.452. The smallest absolute Gasteiger partial charge is 0.422 e. The van der Waals surface area contributed by atoms with Gasteiger partial charge < -0.3 is 9.72 Å². The summed E-state index contributed by atoms with van der Waals surface area (Å²) in [7, 11) is 0. The van der Waals surface area contributed by atoms with Gasteiger partial charge in [0.25, 0.3) is 11.5 Å². The Kier molecular flexibility index (Phi) is 5.31. The number of thiazole rings is 1. The third kappa shape index (κ3) is 4.52. The molecule has 0 saturated heterocycles. The number of carbonyl (C=O) groups excluding carboxylic acids is 1. The van der Waals surface area contributed by atoms with Crippen molar-refractivity contribution in [3.63, 3.8) is 0 Å². The lowest BCUT2D eigenvalue weighted by Crippen LogP contribution is -2.23. The molecule has 0 radical (unpaired) electrons. The summed E-state index contributed by atoms with van der Waals surface area (Å²) in [5, 5.41) is 4.64. The van der Waals surface area contributed by atoms with Gasteiger partial charge in [0, 0.05) is 0 Å². The molecule has 3 heterocycles. The van der Waals surface area contributed by atoms with E-state index in [1.165, 1.54) is 35.6 Å². The summed E-state index contributed by atoms with van der Waals surface area (Å²) in [6, 6.07) is 11.1. The molecule has 0 fully saturated rings. The Hall–Kier alpha value is -3.18. The number of rotatable bonds is 5. The van der Waals surface area contributed by atoms with E-state index < -0.39 is 24.2 Å². The zero-order valence-electron chi connectivity index (χ0n) is 14.9. The van der Waals surface area contributed by atoms with Crippen LogP contribution in [-0.2, 0) is 0 Å². The maximum absolute atomic E-state index is 12.5. The van der Waals surface area contributed by atoms with Crippen LogP contribution in [0.3, 0.4) is 0 Å². The van der Waals surface area contributed by atoms with Crippen molar-refractivity contribution in [3.05, 3.63) is 63.8 Å². The first-order valence-corrected chi connectivity index (χ1v) is 10.2. The zero-order chi connectivity index (χ0) is 21.3. The van der Waals surface area contributed by atoms with Crippen molar-refractivity contribution < 1.29 is 22.7 Å². The van der Waals surface area contributed by atoms with Crippen LogP contribution in [0, 0.1) is 0 Å². The van der Waals surface area contributed by atoms with Crippen LogP contribution in [0.1, 0.15) is 10.4 Å². The average Bonchev–Trinajstić information content (AvgIpc) is 3.34. The minimum Gasteiger partial charge on any atom is -0.484 e. The fourth-order valence-corrected chi connectivity index (χ4v) is 4.20. The van der Waals surface area contributed by atoms with E-state index >= 15 is 0 Å². The average molecular weight is 451 g/mol. The van der Waals surface area contributed by atoms with E-state index in [0.29, 0.717) is 15.9 Å². The molecule has 3 aromatic heterocycles. The molecular weight excluding hydrogens is 439 g/mol. The summed E-state index contributed by atoms with van der Waals surface area (Å²) >= 11 is 2.52. The number of anilines is 1. The number of H-pyrrole nitrogens is 1. The van der Waals surface area contributed by atoms with Crippen molar-refractivity contribution in [1.82, 2.24) is 9.97 Å². The monoisotopic (exact) mass is 451 g/mol. The Morgan fingerprint density at radius 2 is 2.03 bits per heavy atom. The summed E-state index contributed by atoms with van der Waals surface area (Å²) in [6.07, 6.45) is -4.44. The van der Waals surface area contributed by atoms with Crippen LogP contribution in [0.25, 0.3) is 20.8 Å². The van der Waals surface area contributed by atoms with Crippen molar-refractivity contribution in [2.24, 2.45) is 0 Å². The summed E-state index contributed by atoms with van der Waals surface area (Å²) in [5.41, 5.74) is 0.473. The first-order chi connectivity index (χ1) is 14.3. The number of ether oxygens (including phenoxy) is 1. The van der Waals surface area contributed by atoms with Crippen molar-refractivity contribution >= 4 is 43.9 Å². The van der Waals surface area contributed by atoms with Gasteiger partial charge in [0.05, 0.1) is 20.8 Å². The molecule has 6 nitrogen and oxygen atoms in total. The predicted molar refractivity (Wildman–Crippen MR) is 109 cm³/mol. The Morgan fingerprint density at radius 1 is 1.20 bits per heavy atom. The number of aromatic amines is 1. The van der Waals surface area contributed by atoms with Crippen LogP contribution in [0.15, 0.2) is 52.6 Å². The topological polar surface area (TPSA) is 84.1 Å². The van der Waals surface area contributed by atoms with Crippen LogP contribution in [0.4, 0.5) is 18.3 Å². The standard InChI is InChI=1S/C19H12F3N3O3S2/c20-19(21,22)9-28-10-3-5-13-15(8-10)30-18(24-13)25-17(27)11-4-6-12(23-16(11)26)14-2-1-7-29-14/h1-8H,9H2,(H,23,26)(H,24,25,27). The second-order valence-electron chi connectivity index (χ2n) is 6.10. The zero-order valence-corrected chi connectivity index (χ0v) is 16.6. The van der Waals surface area contributed by atoms with Crippen molar-refractivity contribution in [3.8, 4) is 16.3 Å². The first-order valence-electron chi connectivity index (χ1n) is 8.47. The molecule has 154 valence electrons. The van der Waals surface area contributed by atoms with Gasteiger partial charge in [-0.15, -0.1) is 11.3 Å². The Bertz CT molecular complexity index is 1260. The summed E-state index contributed by atoms with van der Waals surface area (Å²) < 4.78 is 42.1. The number of halogens is 3. The summed E-state index contributed by atoms with van der Waals surface area (Å²) in [5.74, 6) is -0.594. The molecular formula is C19H12F3N3O3S2. The minimum atomic E-state index is -4.44. The number of thiophene rings is 1. The molecule has 4 rings (SSSR count). The summed E-state index contributed by atoms with van der Waals surface area (Å²) in [6.45, 7) is -1.40. The number of benzene rings is 1. The Balaban J connectivity index is 1.51. The van der Waals surface area contributed by atoms with Crippen molar-refractivity contribution in [1.29, 1.82) is 0 Å². The molecule has 0 aliphatic carbocycles. The fraction of sp³-hybridized carbons (Fsp3) is 0.105. The molecule has 30 heavy (non-hydrogen) atoms. The lowest BCUT2D eigenvalue weighted by atomic mass is 10.2. The predicted octanol–water partition coefficient (Wildman–Crippen LogP) is 4.91. The highest BCUT2D eigenvalue weighted by Crippen LogP contribution is 2.30. The number of aromatic nitrogens is 2. The highest BCUT2D eigenvalue weighted by atomic mass is 32.1. The minimum absolute atomic E-state index is 0.0435. The van der Waals surface area contributed by atoms with E-state index in [9.17, 15) is 22.8 Å². The molecule has 0 aliphatic rings. The number of pyridine rings is 1. The largest absolute Gasteiger partial charge is 0.484 e. The maximum atomic E-state index is 12.5. The van der Waals surface area contributed by atoms with Crippen molar-refractivity contribution in [2.75, 3.05) is 11.9 Å². The molecule has 4 aromatic rings. The van der Waals surface area contributed by atoms with Gasteiger partial charge in [-0.2, -0.15) is 13.2 Å². The third-order valence-corrected chi connectivity index (χ3v) is 5.76. The van der Waals surface area contributed by atoms with Gasteiger partial charge in [0.15, 0.2) is 11.7 Å². The van der Waals surface area contributed by atoms with E-state index in [1.54, 1.807) is 6.07 Å². The molecule has 11 heteroatoms. The molecule has 0 spiro atoms. The summed E-state index contributed by atoms with van der Waals surface area (Å²) in [4.78, 5) is 32.5. The van der Waals surface area contributed by atoms with Crippen LogP contribution in [0.5, 0.6) is 5.75 Å². The van der Waals surface area contributed by atoms with Gasteiger partial charge in [-0.1, -0.05) is 17.4 Å². The van der Waals surface area contributed by atoms with E-state index in [2.05, 4.69) is 15.3 Å². The number of alkyl halides is 3. The number of carbonyl (C=O) groups is 1. The second kappa shape index (κ2) is 7.92. The highest BCUT2D eigenvalue weighted by molar-refractivity contribution is 7.22. The van der Waals surface area contributed by atoms with Gasteiger partial charge in [0.1, 0.15) is 11.3 Å². The number of nitrogens with zero attached hydrogens (tertiary/aromatic N) is 1. The number of hydrogen-bond donors (Lipinski definition) is 2. The molecule has 0 saturated carbocycles. The molecule has 0 bridgehead atoms. The van der Waals surface area contributed by atoms with Gasteiger partial charge in [-0.3, -0.25) is 14.9 Å². The molecule has 1 aromatic carbocycles. The maximum Gasteiger partial charge on any atom is 0.422 e. The van der Waals surface area contributed by atoms with Gasteiger partial charge in [-0.05, 0) is 41.8 Å². The number of hydrogen-bond acceptors (Lipinski definition) is 6. The van der Waals surface area contributed by atoms with E-state index in [-0.39, 0.29) is 16.4 Å². The van der Waals surface area contributed by atoms with Gasteiger partial charge in [0.2, 0.25) is 0 Å². The van der Waals surface area contributed by atoms with Crippen LogP contribution < -0.4 is 15.6 Å². The van der Waals surface area contributed by atoms with E-state index in [0.717, 1.165) is 16.2 Å². The van der Waals surface area contributed by atoms with Gasteiger partial charge >= 0.3 is 6.18 Å². The van der Waals surface area contributed by atoms with Gasteiger partial charge in [-0.25, -0.2) is 4.98 Å². The fourth-order valence-electron chi connectivity index (χ4n) is 2.61. The Labute approximate surface area is 175 Å². The number of amides is 1. The SMILES string of the molecule is O=C(Nc1nc2ccc(OCC(F)(F)F)cc2s1)c1ccc(-c2cccs2)[nH]c1=O. The van der Waals surface area contributed by atoms with E-state index in [4.69, 9.17) is 4.74 Å². The normalized spacial score (nSPS) is 11.6. The van der Waals surface area contributed by atoms with Crippen LogP contribution >= 0.6 is 22.7 Å². The van der Waals surface area contributed by atoms with Crippen molar-refractivity contribution in [2.45, 2.75) is 6.18 Å². The van der Waals surface area contributed by atoms with Crippen LogP contribution in [0.2, 0.25) is 0 Å². The van der Waals surface area contributed by atoms with E-state index in [1.807, 2.05) is 17.5 Å². The third-order valence-electron chi connectivity index (χ3n) is 3.92. The highest BCUT2D eigenvalue weighted by Gasteiger charge is 2.28. The molecule has 0 aliphatic heterocycles. The molecule has 2 N–H and O–H groups in total. The lowest BCUT2D eigenvalue weighted by molar-refractivity contribution is -0.153. The second-order valence-corrected chi connectivity index (χ2v) is 8.08. The number of nitrogens with one attached hydrogen (secondary N) is 2. The first kappa shape index (κ1) is 20.1. The molecule has 1 amide bonds. The molecule has 0 unspecified atom stereocenters.